The molecule has 1 N–H and O–H groups in total. The predicted molar refractivity (Wildman–Crippen MR) is 117 cm³/mol. The van der Waals surface area contributed by atoms with Crippen molar-refractivity contribution in [1.82, 2.24) is 14.9 Å². The van der Waals surface area contributed by atoms with E-state index in [1.807, 2.05) is 37.3 Å². The molecule has 0 radical (unpaired) electrons. The number of hydrogen-bond donors (Lipinski definition) is 1. The van der Waals surface area contributed by atoms with Crippen LogP contribution in [0.4, 0.5) is 0 Å². The standard InChI is InChI=1S/C22H23N3O4S/c1-15(13-29-2)25-21(28)17-10-6-7-11-18(17)23-22(25)30-14-20(27)24-19(26)12-16-8-4-3-5-9-16/h3-11,15H,12-14H2,1-2H3,(H,24,26,27)/t15-/m0/s1. The molecule has 3 rings (SSSR count). The maximum absolute atomic E-state index is 13.0. The number of nitrogens with zero attached hydrogens (tertiary/aromatic N) is 2. The van der Waals surface area contributed by atoms with Gasteiger partial charge in [-0.2, -0.15) is 0 Å². The summed E-state index contributed by atoms with van der Waals surface area (Å²) >= 11 is 1.12. The van der Waals surface area contributed by atoms with Crippen molar-refractivity contribution in [3.05, 3.63) is 70.5 Å². The number of ether oxygens (including phenoxy) is 1. The van der Waals surface area contributed by atoms with Gasteiger partial charge in [0.2, 0.25) is 11.8 Å². The van der Waals surface area contributed by atoms with E-state index in [1.165, 1.54) is 4.57 Å². The van der Waals surface area contributed by atoms with Crippen LogP contribution in [0.3, 0.4) is 0 Å². The van der Waals surface area contributed by atoms with E-state index in [1.54, 1.807) is 31.4 Å². The van der Waals surface area contributed by atoms with E-state index in [0.29, 0.717) is 22.7 Å². The number of benzene rings is 2. The summed E-state index contributed by atoms with van der Waals surface area (Å²) in [6, 6.07) is 16.0. The first-order chi connectivity index (χ1) is 14.5. The first-order valence-corrected chi connectivity index (χ1v) is 10.5. The molecule has 2 amide bonds. The smallest absolute Gasteiger partial charge is 0.262 e. The molecular formula is C22H23N3O4S. The lowest BCUT2D eigenvalue weighted by Crippen LogP contribution is -2.33. The zero-order chi connectivity index (χ0) is 21.5. The van der Waals surface area contributed by atoms with E-state index in [9.17, 15) is 14.4 Å². The van der Waals surface area contributed by atoms with Gasteiger partial charge in [0, 0.05) is 7.11 Å². The van der Waals surface area contributed by atoms with Crippen molar-refractivity contribution in [1.29, 1.82) is 0 Å². The molecule has 0 unspecified atom stereocenters. The van der Waals surface area contributed by atoms with Crippen LogP contribution in [0.25, 0.3) is 10.9 Å². The van der Waals surface area contributed by atoms with E-state index in [-0.39, 0.29) is 29.7 Å². The second-order valence-electron chi connectivity index (χ2n) is 6.81. The molecule has 0 aliphatic rings. The monoisotopic (exact) mass is 425 g/mol. The second kappa shape index (κ2) is 10.2. The van der Waals surface area contributed by atoms with Gasteiger partial charge in [-0.1, -0.05) is 54.2 Å². The third kappa shape index (κ3) is 5.34. The van der Waals surface area contributed by atoms with Crippen LogP contribution in [0.15, 0.2) is 64.5 Å². The average molecular weight is 426 g/mol. The number of nitrogens with one attached hydrogen (secondary N) is 1. The highest BCUT2D eigenvalue weighted by Gasteiger charge is 2.18. The molecule has 0 fully saturated rings. The van der Waals surface area contributed by atoms with Gasteiger partial charge in [0.15, 0.2) is 5.16 Å². The quantitative estimate of drug-likeness (QED) is 0.441. The molecular weight excluding hydrogens is 402 g/mol. The number of amides is 2. The number of para-hydroxylation sites is 1. The van der Waals surface area contributed by atoms with Gasteiger partial charge in [0.1, 0.15) is 0 Å². The van der Waals surface area contributed by atoms with Crippen molar-refractivity contribution in [2.75, 3.05) is 19.5 Å². The summed E-state index contributed by atoms with van der Waals surface area (Å²) in [5, 5.41) is 3.30. The molecule has 0 spiro atoms. The van der Waals surface area contributed by atoms with Crippen molar-refractivity contribution in [3.63, 3.8) is 0 Å². The molecule has 0 saturated heterocycles. The van der Waals surface area contributed by atoms with Crippen LogP contribution in [0.1, 0.15) is 18.5 Å². The molecule has 0 bridgehead atoms. The molecule has 2 aromatic carbocycles. The highest BCUT2D eigenvalue weighted by atomic mass is 32.2. The highest BCUT2D eigenvalue weighted by molar-refractivity contribution is 7.99. The average Bonchev–Trinajstić information content (AvgIpc) is 2.73. The lowest BCUT2D eigenvalue weighted by atomic mass is 10.1. The summed E-state index contributed by atoms with van der Waals surface area (Å²) in [4.78, 5) is 41.9. The Morgan fingerprint density at radius 2 is 1.80 bits per heavy atom. The molecule has 0 saturated carbocycles. The van der Waals surface area contributed by atoms with E-state index >= 15 is 0 Å². The van der Waals surface area contributed by atoms with Crippen LogP contribution in [0.2, 0.25) is 0 Å². The summed E-state index contributed by atoms with van der Waals surface area (Å²) in [6.45, 7) is 2.18. The number of methoxy groups -OCH3 is 1. The van der Waals surface area contributed by atoms with Crippen LogP contribution in [0.5, 0.6) is 0 Å². The molecule has 7 nitrogen and oxygen atoms in total. The summed E-state index contributed by atoms with van der Waals surface area (Å²) < 4.78 is 6.73. The summed E-state index contributed by atoms with van der Waals surface area (Å²) in [5.74, 6) is -0.844. The van der Waals surface area contributed by atoms with Gasteiger partial charge in [0.25, 0.3) is 5.56 Å². The zero-order valence-electron chi connectivity index (χ0n) is 16.8. The Morgan fingerprint density at radius 1 is 1.10 bits per heavy atom. The number of thioether (sulfide) groups is 1. The molecule has 8 heteroatoms. The molecule has 3 aromatic rings. The fourth-order valence-corrected chi connectivity index (χ4v) is 3.98. The number of fused-ring (bicyclic) bond motifs is 1. The third-order valence-electron chi connectivity index (χ3n) is 4.44. The number of carbonyl (C=O) groups is 2. The predicted octanol–water partition coefficient (Wildman–Crippen LogP) is 2.58. The molecule has 1 aromatic heterocycles. The first kappa shape index (κ1) is 21.7. The van der Waals surface area contributed by atoms with Crippen LogP contribution in [-0.2, 0) is 20.7 Å². The Morgan fingerprint density at radius 3 is 2.53 bits per heavy atom. The van der Waals surface area contributed by atoms with E-state index in [2.05, 4.69) is 10.3 Å². The number of hydrogen-bond acceptors (Lipinski definition) is 6. The minimum atomic E-state index is -0.436. The van der Waals surface area contributed by atoms with Gasteiger partial charge in [-0.05, 0) is 24.6 Å². The number of imide groups is 1. The van der Waals surface area contributed by atoms with Crippen LogP contribution in [0, 0.1) is 0 Å². The molecule has 1 atom stereocenters. The summed E-state index contributed by atoms with van der Waals surface area (Å²) in [7, 11) is 1.56. The number of aromatic nitrogens is 2. The molecule has 30 heavy (non-hydrogen) atoms. The van der Waals surface area contributed by atoms with Gasteiger partial charge in [0.05, 0.1) is 35.7 Å². The van der Waals surface area contributed by atoms with Crippen molar-refractivity contribution < 1.29 is 14.3 Å². The fraction of sp³-hybridized carbons (Fsp3) is 0.273. The van der Waals surface area contributed by atoms with Crippen molar-refractivity contribution in [2.45, 2.75) is 24.5 Å². The van der Waals surface area contributed by atoms with Gasteiger partial charge in [-0.3, -0.25) is 24.3 Å². The van der Waals surface area contributed by atoms with E-state index in [4.69, 9.17) is 4.74 Å². The van der Waals surface area contributed by atoms with Crippen LogP contribution in [-0.4, -0.2) is 40.8 Å². The van der Waals surface area contributed by atoms with E-state index in [0.717, 1.165) is 17.3 Å². The first-order valence-electron chi connectivity index (χ1n) is 9.49. The Kier molecular flexibility index (Phi) is 7.37. The largest absolute Gasteiger partial charge is 0.383 e. The second-order valence-corrected chi connectivity index (χ2v) is 7.76. The van der Waals surface area contributed by atoms with Crippen LogP contribution < -0.4 is 10.9 Å². The van der Waals surface area contributed by atoms with Crippen molar-refractivity contribution >= 4 is 34.5 Å². The Hall–Kier alpha value is -2.97. The summed E-state index contributed by atoms with van der Waals surface area (Å²) in [5.41, 5.74) is 1.20. The third-order valence-corrected chi connectivity index (χ3v) is 5.40. The Labute approximate surface area is 178 Å². The molecule has 0 aliphatic heterocycles. The topological polar surface area (TPSA) is 90.3 Å². The lowest BCUT2D eigenvalue weighted by Gasteiger charge is -2.18. The van der Waals surface area contributed by atoms with Crippen molar-refractivity contribution in [3.8, 4) is 0 Å². The van der Waals surface area contributed by atoms with Gasteiger partial charge in [-0.15, -0.1) is 0 Å². The Bertz CT molecular complexity index is 1100. The van der Waals surface area contributed by atoms with Gasteiger partial charge in [-0.25, -0.2) is 4.98 Å². The van der Waals surface area contributed by atoms with Gasteiger partial charge >= 0.3 is 0 Å². The molecule has 1 heterocycles. The van der Waals surface area contributed by atoms with E-state index < -0.39 is 5.91 Å². The minimum absolute atomic E-state index is 0.0367. The zero-order valence-corrected chi connectivity index (χ0v) is 17.6. The molecule has 156 valence electrons. The maximum Gasteiger partial charge on any atom is 0.262 e. The van der Waals surface area contributed by atoms with Gasteiger partial charge < -0.3 is 4.74 Å². The minimum Gasteiger partial charge on any atom is -0.383 e. The normalized spacial score (nSPS) is 11.9. The SMILES string of the molecule is COC[C@H](C)n1c(SCC(=O)NC(=O)Cc2ccccc2)nc2ccccc2c1=O. The number of carbonyl (C=O) groups excluding carboxylic acids is 2. The highest BCUT2D eigenvalue weighted by Crippen LogP contribution is 2.21. The number of rotatable bonds is 8. The fourth-order valence-electron chi connectivity index (χ4n) is 3.08. The van der Waals surface area contributed by atoms with Crippen molar-refractivity contribution in [2.24, 2.45) is 0 Å². The Balaban J connectivity index is 1.74. The lowest BCUT2D eigenvalue weighted by molar-refractivity contribution is -0.128. The summed E-state index contributed by atoms with van der Waals surface area (Å²) in [6.07, 6.45) is 0.126. The molecule has 0 aliphatic carbocycles. The van der Waals surface area contributed by atoms with Crippen LogP contribution >= 0.6 is 11.8 Å². The maximum atomic E-state index is 13.0.